The minimum Gasteiger partial charge on any atom is -0.388 e. The highest BCUT2D eigenvalue weighted by Crippen LogP contribution is 2.29. The van der Waals surface area contributed by atoms with Gasteiger partial charge in [0, 0.05) is 30.2 Å². The summed E-state index contributed by atoms with van der Waals surface area (Å²) in [7, 11) is 1.83. The van der Waals surface area contributed by atoms with Crippen LogP contribution in [0.15, 0.2) is 35.7 Å². The van der Waals surface area contributed by atoms with Crippen LogP contribution < -0.4 is 16.0 Å². The molecule has 0 saturated heterocycles. The molecule has 0 aliphatic carbocycles. The van der Waals surface area contributed by atoms with E-state index in [-0.39, 0.29) is 11.8 Å². The molecule has 0 spiro atoms. The summed E-state index contributed by atoms with van der Waals surface area (Å²) in [6, 6.07) is 9.25. The molecule has 0 saturated carbocycles. The van der Waals surface area contributed by atoms with E-state index in [4.69, 9.17) is 0 Å². The first-order chi connectivity index (χ1) is 12.1. The van der Waals surface area contributed by atoms with E-state index < -0.39 is 0 Å². The van der Waals surface area contributed by atoms with E-state index in [1.54, 1.807) is 6.07 Å². The van der Waals surface area contributed by atoms with E-state index in [0.29, 0.717) is 22.8 Å². The van der Waals surface area contributed by atoms with Crippen LogP contribution in [0, 0.1) is 0 Å². The smallest absolute Gasteiger partial charge is 0.266 e. The summed E-state index contributed by atoms with van der Waals surface area (Å²) in [5, 5.41) is 11.4. The maximum atomic E-state index is 12.6. The molecule has 25 heavy (non-hydrogen) atoms. The van der Waals surface area contributed by atoms with E-state index in [9.17, 15) is 9.59 Å². The third-order valence-corrected chi connectivity index (χ3v) is 4.70. The molecule has 0 aliphatic heterocycles. The number of hydrogen-bond acceptors (Lipinski definition) is 4. The molecule has 3 aromatic rings. The average molecular weight is 356 g/mol. The van der Waals surface area contributed by atoms with Gasteiger partial charge >= 0.3 is 0 Å². The van der Waals surface area contributed by atoms with Crippen molar-refractivity contribution in [3.8, 4) is 0 Å². The number of amides is 2. The summed E-state index contributed by atoms with van der Waals surface area (Å²) in [6.07, 6.45) is 0.842. The fraction of sp³-hybridized carbons (Fsp3) is 0.222. The van der Waals surface area contributed by atoms with Crippen molar-refractivity contribution < 1.29 is 9.59 Å². The van der Waals surface area contributed by atoms with Crippen molar-refractivity contribution in [2.24, 2.45) is 0 Å². The molecule has 0 atom stereocenters. The standard InChI is InChI=1S/C18H20N4O2S/c1-3-8-20-18(24)15-12-7-6-11(19-2)10-13(12)21-16(15)22-17(23)14-5-4-9-25-14/h4-7,9-10,19,21H,3,8H2,1-2H3,(H,20,24)(H,22,23). The molecule has 3 rings (SSSR count). The lowest BCUT2D eigenvalue weighted by molar-refractivity contribution is 0.0956. The molecule has 4 N–H and O–H groups in total. The molecule has 7 heteroatoms. The third-order valence-electron chi connectivity index (χ3n) is 3.83. The maximum Gasteiger partial charge on any atom is 0.266 e. The summed E-state index contributed by atoms with van der Waals surface area (Å²) in [5.41, 5.74) is 2.16. The van der Waals surface area contributed by atoms with Crippen LogP contribution in [0.1, 0.15) is 33.4 Å². The fourth-order valence-electron chi connectivity index (χ4n) is 2.59. The number of thiophene rings is 1. The molecule has 1 aromatic carbocycles. The van der Waals surface area contributed by atoms with Gasteiger partial charge in [-0.15, -0.1) is 11.3 Å². The van der Waals surface area contributed by atoms with Crippen molar-refractivity contribution >= 4 is 45.6 Å². The van der Waals surface area contributed by atoms with Gasteiger partial charge in [-0.1, -0.05) is 13.0 Å². The van der Waals surface area contributed by atoms with Crippen molar-refractivity contribution in [2.45, 2.75) is 13.3 Å². The predicted octanol–water partition coefficient (Wildman–Crippen LogP) is 3.66. The number of anilines is 2. The second-order valence-corrected chi connectivity index (χ2v) is 6.52. The van der Waals surface area contributed by atoms with Crippen molar-refractivity contribution in [1.82, 2.24) is 10.3 Å². The Bertz CT molecular complexity index is 899. The zero-order valence-corrected chi connectivity index (χ0v) is 14.9. The molecular weight excluding hydrogens is 336 g/mol. The highest BCUT2D eigenvalue weighted by atomic mass is 32.1. The second-order valence-electron chi connectivity index (χ2n) is 5.57. The topological polar surface area (TPSA) is 86.0 Å². The molecule has 0 fully saturated rings. The molecule has 2 aromatic heterocycles. The Balaban J connectivity index is 2.02. The third kappa shape index (κ3) is 3.51. The lowest BCUT2D eigenvalue weighted by Gasteiger charge is -2.07. The molecule has 6 nitrogen and oxygen atoms in total. The van der Waals surface area contributed by atoms with Crippen LogP contribution in [0.5, 0.6) is 0 Å². The van der Waals surface area contributed by atoms with E-state index in [1.165, 1.54) is 11.3 Å². The Hall–Kier alpha value is -2.80. The van der Waals surface area contributed by atoms with Gasteiger partial charge in [0.25, 0.3) is 11.8 Å². The van der Waals surface area contributed by atoms with Crippen LogP contribution in [0.2, 0.25) is 0 Å². The molecule has 0 radical (unpaired) electrons. The number of carbonyl (C=O) groups excluding carboxylic acids is 2. The predicted molar refractivity (Wildman–Crippen MR) is 103 cm³/mol. The van der Waals surface area contributed by atoms with Crippen molar-refractivity contribution in [3.63, 3.8) is 0 Å². The molecule has 2 amide bonds. The van der Waals surface area contributed by atoms with Gasteiger partial charge in [0.1, 0.15) is 5.82 Å². The summed E-state index contributed by atoms with van der Waals surface area (Å²) >= 11 is 1.35. The van der Waals surface area contributed by atoms with Gasteiger partial charge in [0.15, 0.2) is 0 Å². The minimum absolute atomic E-state index is 0.202. The van der Waals surface area contributed by atoms with Gasteiger partial charge < -0.3 is 20.9 Å². The van der Waals surface area contributed by atoms with Gasteiger partial charge in [-0.2, -0.15) is 0 Å². The first-order valence-electron chi connectivity index (χ1n) is 8.10. The summed E-state index contributed by atoms with van der Waals surface area (Å²) in [4.78, 5) is 28.8. The summed E-state index contributed by atoms with van der Waals surface area (Å²) < 4.78 is 0. The number of benzene rings is 1. The fourth-order valence-corrected chi connectivity index (χ4v) is 3.21. The number of carbonyl (C=O) groups is 2. The van der Waals surface area contributed by atoms with Gasteiger partial charge in [-0.3, -0.25) is 9.59 Å². The lowest BCUT2D eigenvalue weighted by atomic mass is 10.1. The lowest BCUT2D eigenvalue weighted by Crippen LogP contribution is -2.25. The first kappa shape index (κ1) is 17.0. The SMILES string of the molecule is CCCNC(=O)c1c(NC(=O)c2cccs2)[nH]c2cc(NC)ccc12. The van der Waals surface area contributed by atoms with Gasteiger partial charge in [-0.05, 0) is 36.1 Å². The quantitative estimate of drug-likeness (QED) is 0.544. The Labute approximate surface area is 149 Å². The summed E-state index contributed by atoms with van der Waals surface area (Å²) in [5.74, 6) is -0.0259. The molecule has 0 aliphatic rings. The van der Waals surface area contributed by atoms with E-state index in [1.807, 2.05) is 43.6 Å². The zero-order valence-electron chi connectivity index (χ0n) is 14.1. The second kappa shape index (κ2) is 7.40. The van der Waals surface area contributed by atoms with Crippen LogP contribution in [-0.4, -0.2) is 30.4 Å². The van der Waals surface area contributed by atoms with Gasteiger partial charge in [-0.25, -0.2) is 0 Å². The molecular formula is C18H20N4O2S. The molecule has 0 unspecified atom stereocenters. The Morgan fingerprint density at radius 3 is 2.72 bits per heavy atom. The number of rotatable bonds is 6. The van der Waals surface area contributed by atoms with Gasteiger partial charge in [0.05, 0.1) is 10.4 Å². The normalized spacial score (nSPS) is 10.6. The largest absolute Gasteiger partial charge is 0.388 e. The Kier molecular flexibility index (Phi) is 5.04. The number of aromatic amines is 1. The van der Waals surface area contributed by atoms with E-state index in [2.05, 4.69) is 20.9 Å². The maximum absolute atomic E-state index is 12.6. The van der Waals surface area contributed by atoms with Crippen LogP contribution in [0.4, 0.5) is 11.5 Å². The monoisotopic (exact) mass is 356 g/mol. The molecule has 130 valence electrons. The van der Waals surface area contributed by atoms with Crippen LogP contribution in [0.3, 0.4) is 0 Å². The van der Waals surface area contributed by atoms with Crippen LogP contribution >= 0.6 is 11.3 Å². The van der Waals surface area contributed by atoms with Gasteiger partial charge in [0.2, 0.25) is 0 Å². The summed E-state index contributed by atoms with van der Waals surface area (Å²) in [6.45, 7) is 2.58. The average Bonchev–Trinajstić information content (AvgIpc) is 3.26. The molecule has 2 heterocycles. The number of aromatic nitrogens is 1. The van der Waals surface area contributed by atoms with E-state index in [0.717, 1.165) is 23.0 Å². The Morgan fingerprint density at radius 1 is 1.20 bits per heavy atom. The highest BCUT2D eigenvalue weighted by molar-refractivity contribution is 7.12. The van der Waals surface area contributed by atoms with Crippen molar-refractivity contribution in [3.05, 3.63) is 46.2 Å². The van der Waals surface area contributed by atoms with Crippen molar-refractivity contribution in [2.75, 3.05) is 24.2 Å². The number of nitrogens with one attached hydrogen (secondary N) is 4. The highest BCUT2D eigenvalue weighted by Gasteiger charge is 2.20. The van der Waals surface area contributed by atoms with E-state index >= 15 is 0 Å². The zero-order chi connectivity index (χ0) is 17.8. The van der Waals surface area contributed by atoms with Crippen LogP contribution in [0.25, 0.3) is 10.9 Å². The Morgan fingerprint density at radius 2 is 2.04 bits per heavy atom. The first-order valence-corrected chi connectivity index (χ1v) is 8.98. The minimum atomic E-state index is -0.236. The number of fused-ring (bicyclic) bond motifs is 1. The molecule has 0 bridgehead atoms. The van der Waals surface area contributed by atoms with Crippen molar-refractivity contribution in [1.29, 1.82) is 0 Å². The number of hydrogen-bond donors (Lipinski definition) is 4. The number of H-pyrrole nitrogens is 1. The van der Waals surface area contributed by atoms with Crippen LogP contribution in [-0.2, 0) is 0 Å².